The lowest BCUT2D eigenvalue weighted by molar-refractivity contribution is 0.00585. The average Bonchev–Trinajstić information content (AvgIpc) is 2.16. The van der Waals surface area contributed by atoms with Crippen LogP contribution in [0.1, 0.15) is 15.9 Å². The number of anilines is 1. The molecule has 0 bridgehead atoms. The fourth-order valence-electron chi connectivity index (χ4n) is 1.68. The predicted molar refractivity (Wildman–Crippen MR) is 57.5 cm³/mol. The number of nitrogen functional groups attached to an aromatic ring is 1. The molecule has 0 spiro atoms. The van der Waals surface area contributed by atoms with Gasteiger partial charge in [0.15, 0.2) is 0 Å². The van der Waals surface area contributed by atoms with Crippen LogP contribution in [0.15, 0.2) is 18.2 Å². The molecule has 4 nitrogen and oxygen atoms in total. The fraction of sp³-hybridized carbons (Fsp3) is 0.364. The van der Waals surface area contributed by atoms with Crippen LogP contribution < -0.4 is 5.73 Å². The Bertz CT molecular complexity index is 398. The number of hydrogen-bond donors (Lipinski definition) is 2. The van der Waals surface area contributed by atoms with Crippen LogP contribution in [-0.2, 0) is 0 Å². The molecule has 0 radical (unpaired) electrons. The summed E-state index contributed by atoms with van der Waals surface area (Å²) in [5, 5.41) is 9.12. The number of hydrogen-bond acceptors (Lipinski definition) is 3. The Kier molecular flexibility index (Phi) is 2.36. The summed E-state index contributed by atoms with van der Waals surface area (Å²) in [5.41, 5.74) is 7.79. The monoisotopic (exact) mass is 206 g/mol. The number of amides is 1. The number of β-amino-alcohol motifs (C(OH)–C–C–N with tert-alkyl or cyclic N) is 1. The minimum absolute atomic E-state index is 0.0508. The Morgan fingerprint density at radius 1 is 1.53 bits per heavy atom. The van der Waals surface area contributed by atoms with E-state index in [-0.39, 0.29) is 12.0 Å². The van der Waals surface area contributed by atoms with Gasteiger partial charge in [0, 0.05) is 24.3 Å². The number of aliphatic hydroxyl groups excluding tert-OH is 1. The molecule has 1 aromatic rings. The molecule has 1 aromatic carbocycles. The smallest absolute Gasteiger partial charge is 0.254 e. The van der Waals surface area contributed by atoms with Crippen molar-refractivity contribution in [3.63, 3.8) is 0 Å². The van der Waals surface area contributed by atoms with Crippen LogP contribution in [0.3, 0.4) is 0 Å². The largest absolute Gasteiger partial charge is 0.398 e. The van der Waals surface area contributed by atoms with Crippen molar-refractivity contribution in [3.05, 3.63) is 29.3 Å². The molecular weight excluding hydrogens is 192 g/mol. The molecule has 0 aliphatic carbocycles. The molecule has 1 amide bonds. The first kappa shape index (κ1) is 9.98. The number of aliphatic hydroxyl groups is 1. The van der Waals surface area contributed by atoms with Crippen LogP contribution in [0, 0.1) is 6.92 Å². The third kappa shape index (κ3) is 1.68. The molecule has 0 aromatic heterocycles. The van der Waals surface area contributed by atoms with E-state index < -0.39 is 0 Å². The van der Waals surface area contributed by atoms with E-state index in [1.165, 1.54) is 0 Å². The molecule has 3 N–H and O–H groups in total. The molecule has 15 heavy (non-hydrogen) atoms. The lowest BCUT2D eigenvalue weighted by Gasteiger charge is -2.36. The number of likely N-dealkylation sites (tertiary alicyclic amines) is 1. The second kappa shape index (κ2) is 3.55. The van der Waals surface area contributed by atoms with Crippen LogP contribution in [0.4, 0.5) is 5.69 Å². The summed E-state index contributed by atoms with van der Waals surface area (Å²) in [6.45, 7) is 2.68. The quantitative estimate of drug-likeness (QED) is 0.653. The second-order valence-electron chi connectivity index (χ2n) is 3.88. The third-order valence-corrected chi connectivity index (χ3v) is 2.76. The Hall–Kier alpha value is -1.55. The van der Waals surface area contributed by atoms with E-state index in [0.29, 0.717) is 24.3 Å². The number of rotatable bonds is 1. The van der Waals surface area contributed by atoms with Crippen molar-refractivity contribution in [3.8, 4) is 0 Å². The highest BCUT2D eigenvalue weighted by Gasteiger charge is 2.30. The van der Waals surface area contributed by atoms with Gasteiger partial charge in [-0.15, -0.1) is 0 Å². The van der Waals surface area contributed by atoms with Crippen molar-refractivity contribution in [1.82, 2.24) is 4.90 Å². The SMILES string of the molecule is Cc1c(N)cccc1C(=O)N1CC(O)C1. The molecule has 1 aliphatic heterocycles. The summed E-state index contributed by atoms with van der Waals surface area (Å²) < 4.78 is 0. The van der Waals surface area contributed by atoms with Gasteiger partial charge in [-0.25, -0.2) is 0 Å². The lowest BCUT2D eigenvalue weighted by atomic mass is 10.0. The van der Waals surface area contributed by atoms with Gasteiger partial charge >= 0.3 is 0 Å². The van der Waals surface area contributed by atoms with E-state index in [2.05, 4.69) is 0 Å². The highest BCUT2D eigenvalue weighted by Crippen LogP contribution is 2.20. The minimum atomic E-state index is -0.365. The summed E-state index contributed by atoms with van der Waals surface area (Å²) in [7, 11) is 0. The molecule has 80 valence electrons. The van der Waals surface area contributed by atoms with E-state index in [4.69, 9.17) is 10.8 Å². The van der Waals surface area contributed by atoms with Gasteiger partial charge in [0.05, 0.1) is 6.10 Å². The van der Waals surface area contributed by atoms with Gasteiger partial charge in [-0.2, -0.15) is 0 Å². The Morgan fingerprint density at radius 2 is 2.20 bits per heavy atom. The van der Waals surface area contributed by atoms with Gasteiger partial charge in [0.1, 0.15) is 0 Å². The van der Waals surface area contributed by atoms with Crippen LogP contribution in [0.2, 0.25) is 0 Å². The Morgan fingerprint density at radius 3 is 2.80 bits per heavy atom. The topological polar surface area (TPSA) is 66.6 Å². The fourth-order valence-corrected chi connectivity index (χ4v) is 1.68. The van der Waals surface area contributed by atoms with E-state index in [0.717, 1.165) is 5.56 Å². The van der Waals surface area contributed by atoms with Crippen LogP contribution in [0.5, 0.6) is 0 Å². The predicted octanol–water partition coefficient (Wildman–Crippen LogP) is 0.394. The first-order valence-electron chi connectivity index (χ1n) is 4.92. The van der Waals surface area contributed by atoms with Crippen molar-refractivity contribution in [2.75, 3.05) is 18.8 Å². The van der Waals surface area contributed by atoms with Gasteiger partial charge in [0.2, 0.25) is 0 Å². The second-order valence-corrected chi connectivity index (χ2v) is 3.88. The number of nitrogens with zero attached hydrogens (tertiary/aromatic N) is 1. The molecule has 1 heterocycles. The highest BCUT2D eigenvalue weighted by molar-refractivity contribution is 5.97. The van der Waals surface area contributed by atoms with Gasteiger partial charge in [-0.05, 0) is 24.6 Å². The first-order chi connectivity index (χ1) is 7.09. The zero-order valence-electron chi connectivity index (χ0n) is 8.60. The van der Waals surface area contributed by atoms with Gasteiger partial charge in [0.25, 0.3) is 5.91 Å². The third-order valence-electron chi connectivity index (χ3n) is 2.76. The number of nitrogens with two attached hydrogens (primary N) is 1. The Balaban J connectivity index is 2.22. The molecule has 2 rings (SSSR count). The summed E-state index contributed by atoms with van der Waals surface area (Å²) in [4.78, 5) is 13.5. The maximum atomic E-state index is 11.9. The summed E-state index contributed by atoms with van der Waals surface area (Å²) in [6, 6.07) is 5.31. The van der Waals surface area contributed by atoms with Gasteiger partial charge in [-0.3, -0.25) is 4.79 Å². The van der Waals surface area contributed by atoms with Crippen LogP contribution in [-0.4, -0.2) is 35.1 Å². The molecule has 1 saturated heterocycles. The van der Waals surface area contributed by atoms with E-state index >= 15 is 0 Å². The number of carbonyl (C=O) groups excluding carboxylic acids is 1. The summed E-state index contributed by atoms with van der Waals surface area (Å²) >= 11 is 0. The molecular formula is C11H14N2O2. The highest BCUT2D eigenvalue weighted by atomic mass is 16.3. The van der Waals surface area contributed by atoms with Gasteiger partial charge < -0.3 is 15.7 Å². The zero-order valence-corrected chi connectivity index (χ0v) is 8.60. The Labute approximate surface area is 88.3 Å². The minimum Gasteiger partial charge on any atom is -0.398 e. The van der Waals surface area contributed by atoms with E-state index in [1.54, 1.807) is 23.1 Å². The maximum absolute atomic E-state index is 11.9. The zero-order chi connectivity index (χ0) is 11.0. The van der Waals surface area contributed by atoms with E-state index in [9.17, 15) is 4.79 Å². The normalized spacial score (nSPS) is 16.3. The van der Waals surface area contributed by atoms with Crippen molar-refractivity contribution in [2.24, 2.45) is 0 Å². The summed E-state index contributed by atoms with van der Waals surface area (Å²) in [6.07, 6.45) is -0.365. The molecule has 0 saturated carbocycles. The number of carbonyl (C=O) groups is 1. The summed E-state index contributed by atoms with van der Waals surface area (Å²) in [5.74, 6) is -0.0508. The van der Waals surface area contributed by atoms with Crippen LogP contribution >= 0.6 is 0 Å². The first-order valence-corrected chi connectivity index (χ1v) is 4.92. The van der Waals surface area contributed by atoms with Crippen LogP contribution in [0.25, 0.3) is 0 Å². The van der Waals surface area contributed by atoms with Gasteiger partial charge in [-0.1, -0.05) is 6.07 Å². The van der Waals surface area contributed by atoms with Crippen molar-refractivity contribution in [2.45, 2.75) is 13.0 Å². The molecule has 1 fully saturated rings. The molecule has 0 unspecified atom stereocenters. The lowest BCUT2D eigenvalue weighted by Crippen LogP contribution is -2.53. The maximum Gasteiger partial charge on any atom is 0.254 e. The van der Waals surface area contributed by atoms with Crippen molar-refractivity contribution in [1.29, 1.82) is 0 Å². The average molecular weight is 206 g/mol. The standard InChI is InChI=1S/C11H14N2O2/c1-7-9(3-2-4-10(7)12)11(15)13-5-8(14)6-13/h2-4,8,14H,5-6,12H2,1H3. The van der Waals surface area contributed by atoms with Crippen molar-refractivity contribution < 1.29 is 9.90 Å². The molecule has 4 heteroatoms. The van der Waals surface area contributed by atoms with E-state index in [1.807, 2.05) is 6.92 Å². The number of benzene rings is 1. The van der Waals surface area contributed by atoms with Crippen molar-refractivity contribution >= 4 is 11.6 Å². The molecule has 0 atom stereocenters. The molecule has 1 aliphatic rings.